The molecule has 0 saturated carbocycles. The van der Waals surface area contributed by atoms with Crippen molar-refractivity contribution >= 4 is 22.8 Å². The molecule has 0 saturated heterocycles. The predicted molar refractivity (Wildman–Crippen MR) is 255 cm³/mol. The second-order valence-corrected chi connectivity index (χ2v) is 24.5. The third-order valence-corrected chi connectivity index (χ3v) is 17.7. The van der Waals surface area contributed by atoms with E-state index in [-0.39, 0.29) is 33.8 Å². The van der Waals surface area contributed by atoms with Gasteiger partial charge in [0.2, 0.25) is 0 Å². The van der Waals surface area contributed by atoms with Gasteiger partial charge < -0.3 is 41.9 Å². The Hall–Kier alpha value is 0.956. The SMILES string of the molecule is CCCCCCC(C)P(=O)([O-])OCC(CC)CCCC.CCCCCCC(C)P(=O)([O-])OCC(CC)CCCC.CCCCCCC(C)P(=O)([O-])OCC(CC)CCCC.[Co+3]. The molecule has 0 aromatic carbocycles. The maximum Gasteiger partial charge on any atom is 3.00 e. The molecule has 13 heteroatoms. The van der Waals surface area contributed by atoms with Crippen molar-refractivity contribution in [1.29, 1.82) is 0 Å². The molecular weight excluding hydrogens is 872 g/mol. The van der Waals surface area contributed by atoms with E-state index < -0.39 is 22.8 Å². The van der Waals surface area contributed by atoms with Gasteiger partial charge in [-0.1, -0.05) is 218 Å². The Kier molecular flexibility index (Phi) is 50.3. The Morgan fingerprint density at radius 2 is 0.557 bits per heavy atom. The van der Waals surface area contributed by atoms with E-state index in [9.17, 15) is 28.4 Å². The van der Waals surface area contributed by atoms with Crippen LogP contribution in [0.5, 0.6) is 0 Å². The van der Waals surface area contributed by atoms with E-state index in [0.29, 0.717) is 37.6 Å². The van der Waals surface area contributed by atoms with Crippen molar-refractivity contribution in [2.75, 3.05) is 19.8 Å². The van der Waals surface area contributed by atoms with E-state index in [1.54, 1.807) is 20.8 Å². The van der Waals surface area contributed by atoms with Gasteiger partial charge in [0.25, 0.3) is 0 Å². The first-order valence-electron chi connectivity index (χ1n) is 25.3. The smallest absolute Gasteiger partial charge is 0.778 e. The van der Waals surface area contributed by atoms with Crippen LogP contribution in [0.3, 0.4) is 0 Å². The fraction of sp³-hybridized carbons (Fsp3) is 1.00. The summed E-state index contributed by atoms with van der Waals surface area (Å²) in [5.74, 6) is 1.14. The Morgan fingerprint density at radius 1 is 0.344 bits per heavy atom. The normalized spacial score (nSPS) is 17.4. The molecular formula is C48H102CoO9P3. The first kappa shape index (κ1) is 68.5. The molecule has 9 atom stereocenters. The van der Waals surface area contributed by atoms with Gasteiger partial charge in [-0.2, -0.15) is 0 Å². The van der Waals surface area contributed by atoms with E-state index in [1.807, 2.05) is 0 Å². The zero-order chi connectivity index (χ0) is 46.3. The summed E-state index contributed by atoms with van der Waals surface area (Å²) in [6, 6.07) is 0. The molecule has 0 radical (unpaired) electrons. The molecule has 9 unspecified atom stereocenters. The Bertz CT molecular complexity index is 941. The topological polar surface area (TPSA) is 148 Å². The predicted octanol–water partition coefficient (Wildman–Crippen LogP) is 15.4. The minimum Gasteiger partial charge on any atom is -0.778 e. The average Bonchev–Trinajstić information content (AvgIpc) is 3.23. The molecule has 0 aliphatic rings. The number of unbranched alkanes of at least 4 members (excludes halogenated alkanes) is 12. The van der Waals surface area contributed by atoms with Gasteiger partial charge in [-0.15, -0.1) is 0 Å². The second-order valence-electron chi connectivity index (χ2n) is 17.9. The molecule has 0 heterocycles. The Balaban J connectivity index is -0.000000396. The first-order valence-corrected chi connectivity index (χ1v) is 30.1. The van der Waals surface area contributed by atoms with Crippen LogP contribution in [0, 0.1) is 17.8 Å². The van der Waals surface area contributed by atoms with Crippen molar-refractivity contribution in [2.45, 2.75) is 273 Å². The van der Waals surface area contributed by atoms with E-state index in [1.165, 1.54) is 38.5 Å². The molecule has 0 rings (SSSR count). The largest absolute Gasteiger partial charge is 3.00 e. The van der Waals surface area contributed by atoms with Crippen LogP contribution in [0.2, 0.25) is 0 Å². The zero-order valence-electron chi connectivity index (χ0n) is 42.0. The van der Waals surface area contributed by atoms with Gasteiger partial charge in [0.1, 0.15) is 22.8 Å². The molecule has 0 bridgehead atoms. The van der Waals surface area contributed by atoms with Gasteiger partial charge in [0.05, 0.1) is 19.8 Å². The van der Waals surface area contributed by atoms with Crippen LogP contribution >= 0.6 is 22.8 Å². The molecule has 0 fully saturated rings. The number of hydrogen-bond donors (Lipinski definition) is 0. The summed E-state index contributed by atoms with van der Waals surface area (Å²) in [7, 11) is -11.0. The monoisotopic (exact) mass is 975 g/mol. The molecule has 0 N–H and O–H groups in total. The summed E-state index contributed by atoms with van der Waals surface area (Å²) in [5.41, 5.74) is -1.03. The van der Waals surface area contributed by atoms with Crippen molar-refractivity contribution in [1.82, 2.24) is 0 Å². The Labute approximate surface area is 390 Å². The standard InChI is InChI=1S/3C16H35O3P.Co/c3*1-5-8-10-11-12-15(4)20(17,18)19-14-16(7-3)13-9-6-2;/h3*15-16H,5-14H2,1-4H3,(H,17,18);/q;;;+3/p-3. The maximum absolute atomic E-state index is 12.1. The van der Waals surface area contributed by atoms with Gasteiger partial charge in [0, 0.05) is 17.0 Å². The van der Waals surface area contributed by atoms with Crippen LogP contribution in [0.4, 0.5) is 0 Å². The summed E-state index contributed by atoms with van der Waals surface area (Å²) in [6.07, 6.45) is 28.7. The first-order chi connectivity index (χ1) is 28.4. The van der Waals surface area contributed by atoms with Gasteiger partial charge in [0.15, 0.2) is 0 Å². The van der Waals surface area contributed by atoms with Crippen molar-refractivity contribution < 1.29 is 58.7 Å². The molecule has 61 heavy (non-hydrogen) atoms. The molecule has 9 nitrogen and oxygen atoms in total. The fourth-order valence-corrected chi connectivity index (χ4v) is 10.3. The third-order valence-electron chi connectivity index (χ3n) is 12.1. The summed E-state index contributed by atoms with van der Waals surface area (Å²) < 4.78 is 52.2. The number of hydrogen-bond acceptors (Lipinski definition) is 9. The van der Waals surface area contributed by atoms with Crippen molar-refractivity contribution in [3.8, 4) is 0 Å². The molecule has 0 aliphatic carbocycles. The summed E-state index contributed by atoms with van der Waals surface area (Å²) >= 11 is 0. The minimum absolute atomic E-state index is 0. The summed E-state index contributed by atoms with van der Waals surface area (Å²) in [4.78, 5) is 36.3. The van der Waals surface area contributed by atoms with Crippen LogP contribution in [0.25, 0.3) is 0 Å². The van der Waals surface area contributed by atoms with Crippen LogP contribution in [0.15, 0.2) is 0 Å². The third kappa shape index (κ3) is 39.8. The molecule has 0 aromatic rings. The van der Waals surface area contributed by atoms with Gasteiger partial charge in [-0.3, -0.25) is 0 Å². The van der Waals surface area contributed by atoms with Crippen molar-refractivity contribution in [2.24, 2.45) is 17.8 Å². The molecule has 0 aromatic heterocycles. The van der Waals surface area contributed by atoms with Crippen LogP contribution in [-0.4, -0.2) is 36.8 Å². The van der Waals surface area contributed by atoms with Crippen LogP contribution in [-0.2, 0) is 44.0 Å². The van der Waals surface area contributed by atoms with Crippen molar-refractivity contribution in [3.05, 3.63) is 0 Å². The van der Waals surface area contributed by atoms with E-state index in [2.05, 4.69) is 62.3 Å². The van der Waals surface area contributed by atoms with Gasteiger partial charge >= 0.3 is 16.8 Å². The number of rotatable bonds is 39. The molecule has 0 spiro atoms. The van der Waals surface area contributed by atoms with Crippen molar-refractivity contribution in [3.63, 3.8) is 0 Å². The zero-order valence-corrected chi connectivity index (χ0v) is 45.8. The average molecular weight is 975 g/mol. The summed E-state index contributed by atoms with van der Waals surface area (Å²) in [6.45, 7) is 25.7. The minimum atomic E-state index is -3.68. The Morgan fingerprint density at radius 3 is 0.738 bits per heavy atom. The molecule has 0 aliphatic heterocycles. The maximum atomic E-state index is 12.1. The summed E-state index contributed by atoms with van der Waals surface area (Å²) in [5, 5.41) is 0. The van der Waals surface area contributed by atoms with E-state index >= 15 is 0 Å². The van der Waals surface area contributed by atoms with E-state index in [4.69, 9.17) is 13.6 Å². The molecule has 372 valence electrons. The van der Waals surface area contributed by atoms with Crippen LogP contribution < -0.4 is 14.7 Å². The van der Waals surface area contributed by atoms with Gasteiger partial charge in [-0.05, 0) is 56.3 Å². The van der Waals surface area contributed by atoms with Crippen LogP contribution in [0.1, 0.15) is 256 Å². The second kappa shape index (κ2) is 44.8. The molecule has 0 amide bonds. The fourth-order valence-electron chi connectivity index (χ4n) is 6.78. The van der Waals surface area contributed by atoms with Gasteiger partial charge in [-0.25, -0.2) is 0 Å². The quantitative estimate of drug-likeness (QED) is 0.0433. The van der Waals surface area contributed by atoms with E-state index in [0.717, 1.165) is 135 Å².